The summed E-state index contributed by atoms with van der Waals surface area (Å²) in [5, 5.41) is 11.7. The summed E-state index contributed by atoms with van der Waals surface area (Å²) in [4.78, 5) is 38.9. The minimum atomic E-state index is -0.399. The Kier molecular flexibility index (Phi) is 8.27. The lowest BCUT2D eigenvalue weighted by Gasteiger charge is -2.14. The number of hydrogen-bond acceptors (Lipinski definition) is 6. The van der Waals surface area contributed by atoms with Crippen molar-refractivity contribution in [3.8, 4) is 0 Å². The van der Waals surface area contributed by atoms with Gasteiger partial charge < -0.3 is 9.64 Å². The number of esters is 1. The van der Waals surface area contributed by atoms with Crippen LogP contribution in [0.3, 0.4) is 0 Å². The molecule has 7 nitrogen and oxygen atoms in total. The monoisotopic (exact) mass is 468 g/mol. The maximum absolute atomic E-state index is 12.5. The van der Waals surface area contributed by atoms with Crippen molar-refractivity contribution in [1.29, 1.82) is 0 Å². The van der Waals surface area contributed by atoms with Gasteiger partial charge in [0, 0.05) is 30.1 Å². The van der Waals surface area contributed by atoms with Crippen LogP contribution in [-0.2, 0) is 14.3 Å². The number of rotatable bonds is 8. The number of nitro benzene ring substituents is 1. The summed E-state index contributed by atoms with van der Waals surface area (Å²) in [5.74, 6) is -0.503. The molecule has 3 rings (SSSR count). The summed E-state index contributed by atoms with van der Waals surface area (Å²) in [6.45, 7) is 7.07. The van der Waals surface area contributed by atoms with Crippen molar-refractivity contribution >= 4 is 35.4 Å². The fraction of sp³-hybridized carbons (Fsp3) is 0.360. The van der Waals surface area contributed by atoms with Crippen molar-refractivity contribution in [2.24, 2.45) is 5.92 Å². The zero-order valence-electron chi connectivity index (χ0n) is 19.0. The molecule has 2 aromatic rings. The van der Waals surface area contributed by atoms with Crippen molar-refractivity contribution < 1.29 is 19.2 Å². The Hall–Kier alpha value is -3.13. The van der Waals surface area contributed by atoms with E-state index in [9.17, 15) is 19.7 Å². The zero-order valence-corrected chi connectivity index (χ0v) is 19.8. The van der Waals surface area contributed by atoms with E-state index < -0.39 is 4.92 Å². The topological polar surface area (TPSA) is 89.8 Å². The average molecular weight is 469 g/mol. The molecule has 174 valence electrons. The Labute approximate surface area is 198 Å². The molecule has 33 heavy (non-hydrogen) atoms. The van der Waals surface area contributed by atoms with E-state index in [2.05, 4.69) is 13.8 Å². The van der Waals surface area contributed by atoms with Crippen molar-refractivity contribution in [2.75, 3.05) is 19.7 Å². The smallest absolute Gasteiger partial charge is 0.310 e. The van der Waals surface area contributed by atoms with E-state index in [0.29, 0.717) is 42.5 Å². The van der Waals surface area contributed by atoms with Crippen molar-refractivity contribution in [1.82, 2.24) is 4.90 Å². The van der Waals surface area contributed by atoms with Gasteiger partial charge in [0.25, 0.3) is 5.69 Å². The average Bonchev–Trinajstić information content (AvgIpc) is 3.29. The maximum atomic E-state index is 12.5. The minimum Gasteiger partial charge on any atom is -0.466 e. The molecule has 1 atom stereocenters. The molecule has 1 heterocycles. The van der Waals surface area contributed by atoms with Gasteiger partial charge in [-0.1, -0.05) is 49.9 Å². The van der Waals surface area contributed by atoms with Gasteiger partial charge in [-0.25, -0.2) is 0 Å². The third kappa shape index (κ3) is 6.22. The van der Waals surface area contributed by atoms with Crippen LogP contribution in [0.15, 0.2) is 58.3 Å². The van der Waals surface area contributed by atoms with Gasteiger partial charge in [0.1, 0.15) is 0 Å². The van der Waals surface area contributed by atoms with Gasteiger partial charge >= 0.3 is 5.97 Å². The van der Waals surface area contributed by atoms with E-state index in [1.165, 1.54) is 23.9 Å². The van der Waals surface area contributed by atoms with E-state index in [0.717, 1.165) is 10.5 Å². The third-order valence-electron chi connectivity index (χ3n) is 5.48. The fourth-order valence-corrected chi connectivity index (χ4v) is 4.90. The molecule has 0 saturated carbocycles. The molecule has 1 fully saturated rings. The summed E-state index contributed by atoms with van der Waals surface area (Å²) in [5.41, 5.74) is 1.70. The number of likely N-dealkylation sites (tertiary alicyclic amines) is 1. The third-order valence-corrected chi connectivity index (χ3v) is 6.64. The summed E-state index contributed by atoms with van der Waals surface area (Å²) in [7, 11) is 0. The molecule has 1 unspecified atom stereocenters. The van der Waals surface area contributed by atoms with E-state index in [4.69, 9.17) is 4.74 Å². The van der Waals surface area contributed by atoms with Crippen LogP contribution in [-0.4, -0.2) is 41.4 Å². The molecule has 0 spiro atoms. The molecular formula is C25H28N2O5S. The highest BCUT2D eigenvalue weighted by molar-refractivity contribution is 7.99. The summed E-state index contributed by atoms with van der Waals surface area (Å²) in [6, 6.07) is 12.9. The Morgan fingerprint density at radius 2 is 2.00 bits per heavy atom. The Morgan fingerprint density at radius 3 is 2.70 bits per heavy atom. The predicted octanol–water partition coefficient (Wildman–Crippen LogP) is 5.29. The molecule has 1 amide bonds. The van der Waals surface area contributed by atoms with Gasteiger partial charge in [-0.3, -0.25) is 19.7 Å². The first kappa shape index (κ1) is 24.5. The molecule has 1 saturated heterocycles. The van der Waals surface area contributed by atoms with Gasteiger partial charge in [0.05, 0.1) is 22.3 Å². The van der Waals surface area contributed by atoms with E-state index in [1.807, 2.05) is 24.3 Å². The first-order valence-corrected chi connectivity index (χ1v) is 11.8. The van der Waals surface area contributed by atoms with Gasteiger partial charge in [-0.2, -0.15) is 0 Å². The number of hydrogen-bond donors (Lipinski definition) is 0. The molecule has 0 radical (unpaired) electrons. The lowest BCUT2D eigenvalue weighted by molar-refractivity contribution is -0.387. The normalized spacial score (nSPS) is 15.9. The SMILES string of the molecule is CCOC(=O)C1CCN(C(=O)C=Cc2ccc(Sc3ccccc3C(C)C)c([N+](=O)[O-])c2)C1. The minimum absolute atomic E-state index is 0.00305. The van der Waals surface area contributed by atoms with Gasteiger partial charge in [0.2, 0.25) is 5.91 Å². The van der Waals surface area contributed by atoms with E-state index in [-0.39, 0.29) is 23.5 Å². The van der Waals surface area contributed by atoms with Crippen LogP contribution < -0.4 is 0 Å². The highest BCUT2D eigenvalue weighted by Gasteiger charge is 2.31. The number of carbonyl (C=O) groups is 2. The Morgan fingerprint density at radius 1 is 1.24 bits per heavy atom. The summed E-state index contributed by atoms with van der Waals surface area (Å²) in [6.07, 6.45) is 3.55. The molecule has 0 aromatic heterocycles. The summed E-state index contributed by atoms with van der Waals surface area (Å²) < 4.78 is 5.03. The number of nitro groups is 1. The first-order chi connectivity index (χ1) is 15.8. The van der Waals surface area contributed by atoms with Crippen LogP contribution in [0.5, 0.6) is 0 Å². The van der Waals surface area contributed by atoms with Crippen LogP contribution in [0.25, 0.3) is 6.08 Å². The fourth-order valence-electron chi connectivity index (χ4n) is 3.72. The summed E-state index contributed by atoms with van der Waals surface area (Å²) >= 11 is 1.37. The first-order valence-electron chi connectivity index (χ1n) is 11.0. The number of ether oxygens (including phenoxy) is 1. The van der Waals surface area contributed by atoms with Gasteiger partial charge in [-0.05, 0) is 48.6 Å². The molecular weight excluding hydrogens is 440 g/mol. The van der Waals surface area contributed by atoms with Gasteiger partial charge in [0.15, 0.2) is 0 Å². The quantitative estimate of drug-likeness (QED) is 0.226. The van der Waals surface area contributed by atoms with Crippen LogP contribution in [0, 0.1) is 16.0 Å². The van der Waals surface area contributed by atoms with Crippen molar-refractivity contribution in [3.63, 3.8) is 0 Å². The second kappa shape index (κ2) is 11.1. The van der Waals surface area contributed by atoms with Crippen LogP contribution in [0.2, 0.25) is 0 Å². The standard InChI is InChI=1S/C25H28N2O5S/c1-4-32-25(29)19-13-14-26(16-19)24(28)12-10-18-9-11-23(21(15-18)27(30)31)33-22-8-6-5-7-20(22)17(2)3/h5-12,15,17,19H,4,13-14,16H2,1-3H3. The number of benzene rings is 2. The van der Waals surface area contributed by atoms with Gasteiger partial charge in [-0.15, -0.1) is 0 Å². The van der Waals surface area contributed by atoms with E-state index >= 15 is 0 Å². The molecule has 1 aliphatic heterocycles. The zero-order chi connectivity index (χ0) is 24.0. The Balaban J connectivity index is 1.73. The molecule has 0 N–H and O–H groups in total. The highest BCUT2D eigenvalue weighted by atomic mass is 32.2. The van der Waals surface area contributed by atoms with Crippen molar-refractivity contribution in [2.45, 2.75) is 42.9 Å². The van der Waals surface area contributed by atoms with E-state index in [1.54, 1.807) is 30.0 Å². The molecule has 0 bridgehead atoms. The van der Waals surface area contributed by atoms with Crippen LogP contribution in [0.1, 0.15) is 44.2 Å². The molecule has 0 aliphatic carbocycles. The second-order valence-electron chi connectivity index (χ2n) is 8.13. The van der Waals surface area contributed by atoms with Crippen molar-refractivity contribution in [3.05, 3.63) is 69.8 Å². The lowest BCUT2D eigenvalue weighted by atomic mass is 10.0. The predicted molar refractivity (Wildman–Crippen MR) is 128 cm³/mol. The number of amides is 1. The Bertz CT molecular complexity index is 1070. The molecule has 8 heteroatoms. The second-order valence-corrected chi connectivity index (χ2v) is 9.22. The highest BCUT2D eigenvalue weighted by Crippen LogP contribution is 2.39. The van der Waals surface area contributed by atoms with Crippen LogP contribution in [0.4, 0.5) is 5.69 Å². The molecule has 1 aliphatic rings. The maximum Gasteiger partial charge on any atom is 0.310 e. The number of nitrogens with zero attached hydrogens (tertiary/aromatic N) is 2. The number of carbonyl (C=O) groups excluding carboxylic acids is 2. The van der Waals surface area contributed by atoms with Crippen LogP contribution >= 0.6 is 11.8 Å². The molecule has 2 aromatic carbocycles. The largest absolute Gasteiger partial charge is 0.466 e. The lowest BCUT2D eigenvalue weighted by Crippen LogP contribution is -2.28.